The molecule has 2 amide bonds. The Kier molecular flexibility index (Phi) is 8.88. The van der Waals surface area contributed by atoms with Crippen LogP contribution in [0.15, 0.2) is 77.7 Å². The fourth-order valence-electron chi connectivity index (χ4n) is 3.56. The summed E-state index contributed by atoms with van der Waals surface area (Å²) < 4.78 is 28.3. The number of carbonyl (C=O) groups is 2. The molecule has 0 fully saturated rings. The van der Waals surface area contributed by atoms with Crippen molar-refractivity contribution in [2.75, 3.05) is 16.2 Å². The minimum absolute atomic E-state index is 0.0255. The Balaban J connectivity index is 1.91. The zero-order chi connectivity index (χ0) is 26.3. The molecule has 7 nitrogen and oxygen atoms in total. The minimum atomic E-state index is -4.03. The molecule has 0 saturated heterocycles. The van der Waals surface area contributed by atoms with Gasteiger partial charge in [-0.15, -0.1) is 0 Å². The predicted octanol–water partition coefficient (Wildman–Crippen LogP) is 4.92. The molecular weight excluding hydrogens is 474 g/mol. The summed E-state index contributed by atoms with van der Waals surface area (Å²) in [4.78, 5) is 26.0. The average molecular weight is 508 g/mol. The summed E-state index contributed by atoms with van der Waals surface area (Å²) in [6.07, 6.45) is 1.57. The highest BCUT2D eigenvalue weighted by molar-refractivity contribution is 7.92. The second kappa shape index (κ2) is 11.9. The number of rotatable bonds is 10. The van der Waals surface area contributed by atoms with Crippen molar-refractivity contribution in [1.82, 2.24) is 5.32 Å². The van der Waals surface area contributed by atoms with Gasteiger partial charge in [-0.1, -0.05) is 55.8 Å². The highest BCUT2D eigenvalue weighted by Gasteiger charge is 2.27. The van der Waals surface area contributed by atoms with Gasteiger partial charge in [-0.3, -0.25) is 13.9 Å². The molecular formula is C28H33N3O4S. The summed E-state index contributed by atoms with van der Waals surface area (Å²) in [5, 5.41) is 5.62. The Labute approximate surface area is 213 Å². The van der Waals surface area contributed by atoms with Crippen molar-refractivity contribution < 1.29 is 18.0 Å². The molecule has 0 aliphatic rings. The standard InChI is InChI=1S/C28H33N3O4S/c1-5-21(4)29-28(33)25-9-7-8-10-26(25)30-27(32)19-31(23-15-13-22(6-2)14-16-23)36(34,35)24-17-11-20(3)12-18-24/h7-18,21H,5-6,19H2,1-4H3,(H,29,33)(H,30,32)/t21-/m1/s1. The van der Waals surface area contributed by atoms with Gasteiger partial charge in [0.2, 0.25) is 5.91 Å². The quantitative estimate of drug-likeness (QED) is 0.407. The number of anilines is 2. The zero-order valence-electron chi connectivity index (χ0n) is 21.1. The van der Waals surface area contributed by atoms with E-state index in [2.05, 4.69) is 10.6 Å². The van der Waals surface area contributed by atoms with E-state index in [4.69, 9.17) is 0 Å². The highest BCUT2D eigenvalue weighted by Crippen LogP contribution is 2.25. The Bertz CT molecular complexity index is 1300. The van der Waals surface area contributed by atoms with Gasteiger partial charge >= 0.3 is 0 Å². The van der Waals surface area contributed by atoms with E-state index in [1.54, 1.807) is 48.5 Å². The van der Waals surface area contributed by atoms with Crippen LogP contribution >= 0.6 is 0 Å². The van der Waals surface area contributed by atoms with Crippen LogP contribution in [0, 0.1) is 6.92 Å². The first-order valence-corrected chi connectivity index (χ1v) is 13.5. The van der Waals surface area contributed by atoms with Crippen LogP contribution in [0.1, 0.15) is 48.7 Å². The molecule has 0 spiro atoms. The van der Waals surface area contributed by atoms with E-state index >= 15 is 0 Å². The number of benzene rings is 3. The number of amides is 2. The summed E-state index contributed by atoms with van der Waals surface area (Å²) in [6, 6.07) is 20.2. The highest BCUT2D eigenvalue weighted by atomic mass is 32.2. The summed E-state index contributed by atoms with van der Waals surface area (Å²) in [6.45, 7) is 7.30. The van der Waals surface area contributed by atoms with E-state index in [9.17, 15) is 18.0 Å². The van der Waals surface area contributed by atoms with Gasteiger partial charge in [0, 0.05) is 6.04 Å². The molecule has 0 radical (unpaired) electrons. The van der Waals surface area contributed by atoms with Gasteiger partial charge in [0.1, 0.15) is 6.54 Å². The first-order chi connectivity index (χ1) is 17.1. The lowest BCUT2D eigenvalue weighted by atomic mass is 10.1. The SMILES string of the molecule is CCc1ccc(N(CC(=O)Nc2ccccc2C(=O)N[C@H](C)CC)S(=O)(=O)c2ccc(C)cc2)cc1. The Morgan fingerprint density at radius 1 is 0.917 bits per heavy atom. The fourth-order valence-corrected chi connectivity index (χ4v) is 4.99. The van der Waals surface area contributed by atoms with Crippen LogP contribution in [-0.2, 0) is 21.2 Å². The molecule has 0 aliphatic carbocycles. The summed E-state index contributed by atoms with van der Waals surface area (Å²) >= 11 is 0. The summed E-state index contributed by atoms with van der Waals surface area (Å²) in [5.74, 6) is -0.867. The van der Waals surface area contributed by atoms with Gasteiger partial charge in [-0.05, 0) is 68.7 Å². The summed E-state index contributed by atoms with van der Waals surface area (Å²) in [7, 11) is -4.03. The number of hydrogen-bond acceptors (Lipinski definition) is 4. The van der Waals surface area contributed by atoms with Gasteiger partial charge in [-0.25, -0.2) is 8.42 Å². The number of sulfonamides is 1. The van der Waals surface area contributed by atoms with Gasteiger partial charge in [-0.2, -0.15) is 0 Å². The molecule has 1 atom stereocenters. The zero-order valence-corrected chi connectivity index (χ0v) is 21.9. The fraction of sp³-hybridized carbons (Fsp3) is 0.286. The second-order valence-electron chi connectivity index (χ2n) is 8.72. The first kappa shape index (κ1) is 26.9. The maximum Gasteiger partial charge on any atom is 0.264 e. The average Bonchev–Trinajstić information content (AvgIpc) is 2.87. The third-order valence-electron chi connectivity index (χ3n) is 5.96. The van der Waals surface area contributed by atoms with Crippen LogP contribution in [0.25, 0.3) is 0 Å². The Morgan fingerprint density at radius 2 is 1.56 bits per heavy atom. The number of nitrogens with zero attached hydrogens (tertiary/aromatic N) is 1. The first-order valence-electron chi connectivity index (χ1n) is 12.0. The van der Waals surface area contributed by atoms with E-state index in [1.165, 1.54) is 12.1 Å². The molecule has 0 unspecified atom stereocenters. The second-order valence-corrected chi connectivity index (χ2v) is 10.6. The van der Waals surface area contributed by atoms with Gasteiger partial charge < -0.3 is 10.6 Å². The number of nitrogens with one attached hydrogen (secondary N) is 2. The van der Waals surface area contributed by atoms with Crippen LogP contribution in [0.2, 0.25) is 0 Å². The minimum Gasteiger partial charge on any atom is -0.350 e. The van der Waals surface area contributed by atoms with Gasteiger partial charge in [0.25, 0.3) is 15.9 Å². The van der Waals surface area contributed by atoms with Crippen molar-refractivity contribution >= 4 is 33.2 Å². The smallest absolute Gasteiger partial charge is 0.264 e. The van der Waals surface area contributed by atoms with Gasteiger partial charge in [0.05, 0.1) is 21.8 Å². The normalized spacial score (nSPS) is 12.0. The van der Waals surface area contributed by atoms with E-state index in [1.807, 2.05) is 39.8 Å². The van der Waals surface area contributed by atoms with Crippen molar-refractivity contribution in [2.45, 2.75) is 51.5 Å². The molecule has 3 rings (SSSR count). The molecule has 3 aromatic carbocycles. The maximum atomic E-state index is 13.6. The van der Waals surface area contributed by atoms with Crippen LogP contribution in [-0.4, -0.2) is 32.8 Å². The molecule has 3 aromatic rings. The molecule has 0 heterocycles. The molecule has 2 N–H and O–H groups in total. The summed E-state index contributed by atoms with van der Waals surface area (Å²) in [5.41, 5.74) is 2.99. The number of hydrogen-bond donors (Lipinski definition) is 2. The molecule has 8 heteroatoms. The lowest BCUT2D eigenvalue weighted by Gasteiger charge is -2.24. The predicted molar refractivity (Wildman–Crippen MR) is 144 cm³/mol. The maximum absolute atomic E-state index is 13.6. The Hall–Kier alpha value is -3.65. The lowest BCUT2D eigenvalue weighted by molar-refractivity contribution is -0.114. The molecule has 36 heavy (non-hydrogen) atoms. The number of para-hydroxylation sites is 1. The largest absolute Gasteiger partial charge is 0.350 e. The topological polar surface area (TPSA) is 95.6 Å². The van der Waals surface area contributed by atoms with Crippen molar-refractivity contribution in [2.24, 2.45) is 0 Å². The third-order valence-corrected chi connectivity index (χ3v) is 7.75. The number of aryl methyl sites for hydroxylation is 2. The van der Waals surface area contributed by atoms with E-state index in [0.29, 0.717) is 16.9 Å². The molecule has 0 saturated carbocycles. The van der Waals surface area contributed by atoms with Gasteiger partial charge in [0.15, 0.2) is 0 Å². The van der Waals surface area contributed by atoms with Crippen molar-refractivity contribution in [3.63, 3.8) is 0 Å². The van der Waals surface area contributed by atoms with Crippen molar-refractivity contribution in [3.8, 4) is 0 Å². The molecule has 0 bridgehead atoms. The monoisotopic (exact) mass is 507 g/mol. The lowest BCUT2D eigenvalue weighted by Crippen LogP contribution is -2.38. The van der Waals surface area contributed by atoms with E-state index < -0.39 is 22.5 Å². The Morgan fingerprint density at radius 3 is 2.17 bits per heavy atom. The molecule has 0 aliphatic heterocycles. The molecule has 190 valence electrons. The number of carbonyl (C=O) groups excluding carboxylic acids is 2. The van der Waals surface area contributed by atoms with Crippen LogP contribution < -0.4 is 14.9 Å². The van der Waals surface area contributed by atoms with Crippen LogP contribution in [0.4, 0.5) is 11.4 Å². The van der Waals surface area contributed by atoms with Crippen molar-refractivity contribution in [1.29, 1.82) is 0 Å². The van der Waals surface area contributed by atoms with Crippen molar-refractivity contribution in [3.05, 3.63) is 89.5 Å². The van der Waals surface area contributed by atoms with E-state index in [0.717, 1.165) is 28.3 Å². The van der Waals surface area contributed by atoms with Crippen LogP contribution in [0.3, 0.4) is 0 Å². The third kappa shape index (κ3) is 6.51. The van der Waals surface area contributed by atoms with E-state index in [-0.39, 0.29) is 16.8 Å². The van der Waals surface area contributed by atoms with Crippen LogP contribution in [0.5, 0.6) is 0 Å². The molecule has 0 aromatic heterocycles.